The molecule has 13 aromatic rings. The molecule has 4 aromatic heterocycles. The van der Waals surface area contributed by atoms with Crippen molar-refractivity contribution in [2.75, 3.05) is 0 Å². The molecule has 274 valence electrons. The molecule has 0 radical (unpaired) electrons. The van der Waals surface area contributed by atoms with E-state index in [2.05, 4.69) is 168 Å². The van der Waals surface area contributed by atoms with Crippen LogP contribution in [-0.2, 0) is 0 Å². The zero-order valence-electron chi connectivity index (χ0n) is 31.6. The summed E-state index contributed by atoms with van der Waals surface area (Å²) in [5.74, 6) is 0.604. The average molecular weight is 754 g/mol. The number of hydrogen-bond acceptors (Lipinski definition) is 4. The first-order valence-electron chi connectivity index (χ1n) is 19.9. The Bertz CT molecular complexity index is 3840. The van der Waals surface area contributed by atoms with Gasteiger partial charge in [-0.2, -0.15) is 0 Å². The Morgan fingerprint density at radius 2 is 1.08 bits per heavy atom. The minimum absolute atomic E-state index is 0.604. The van der Waals surface area contributed by atoms with Crippen LogP contribution in [0.1, 0.15) is 0 Å². The maximum atomic E-state index is 7.19. The molecule has 0 unspecified atom stereocenters. The van der Waals surface area contributed by atoms with Gasteiger partial charge in [0.05, 0.1) is 16.7 Å². The van der Waals surface area contributed by atoms with E-state index in [1.54, 1.807) is 0 Å². The van der Waals surface area contributed by atoms with Crippen molar-refractivity contribution in [1.82, 2.24) is 14.5 Å². The molecule has 0 aliphatic carbocycles. The van der Waals surface area contributed by atoms with Crippen molar-refractivity contribution < 1.29 is 8.83 Å². The lowest BCUT2D eigenvalue weighted by atomic mass is 10.0. The van der Waals surface area contributed by atoms with Gasteiger partial charge in [-0.25, -0.2) is 9.97 Å². The van der Waals surface area contributed by atoms with Gasteiger partial charge in [0.15, 0.2) is 17.0 Å². The van der Waals surface area contributed by atoms with Crippen LogP contribution in [0.5, 0.6) is 0 Å². The van der Waals surface area contributed by atoms with Crippen LogP contribution in [-0.4, -0.2) is 14.5 Å². The summed E-state index contributed by atoms with van der Waals surface area (Å²) in [7, 11) is 0. The molecule has 0 aliphatic rings. The molecular formula is C54H31N3O2. The molecule has 59 heavy (non-hydrogen) atoms. The summed E-state index contributed by atoms with van der Waals surface area (Å²) in [5, 5.41) is 9.88. The van der Waals surface area contributed by atoms with Crippen molar-refractivity contribution in [2.45, 2.75) is 0 Å². The van der Waals surface area contributed by atoms with Gasteiger partial charge in [0, 0.05) is 43.4 Å². The fraction of sp³-hybridized carbons (Fsp3) is 0. The number of para-hydroxylation sites is 1. The van der Waals surface area contributed by atoms with E-state index in [9.17, 15) is 0 Å². The molecule has 0 saturated carbocycles. The second kappa shape index (κ2) is 12.2. The molecule has 0 spiro atoms. The molecule has 0 saturated heterocycles. The molecular weight excluding hydrogens is 723 g/mol. The van der Waals surface area contributed by atoms with Crippen LogP contribution in [0.25, 0.3) is 127 Å². The monoisotopic (exact) mass is 753 g/mol. The quantitative estimate of drug-likeness (QED) is 0.180. The summed E-state index contributed by atoms with van der Waals surface area (Å²) in [6, 6.07) is 66.0. The SMILES string of the molecule is c1ccc(-c2ccc3c(c2)oc2c(-c4ccccc4)nc(-c4ccc(-n5c6ccccc6c6cc7ccccc7cc65)c5oc6c7ccccc7ccc6c45)nc23)cc1. The first-order valence-corrected chi connectivity index (χ1v) is 19.9. The van der Waals surface area contributed by atoms with E-state index >= 15 is 0 Å². The molecule has 4 heterocycles. The zero-order chi connectivity index (χ0) is 38.6. The van der Waals surface area contributed by atoms with E-state index in [0.717, 1.165) is 93.9 Å². The fourth-order valence-electron chi connectivity index (χ4n) is 9.24. The molecule has 0 bridgehead atoms. The number of furan rings is 2. The van der Waals surface area contributed by atoms with Crippen molar-refractivity contribution in [3.05, 3.63) is 188 Å². The van der Waals surface area contributed by atoms with E-state index in [-0.39, 0.29) is 0 Å². The second-order valence-electron chi connectivity index (χ2n) is 15.3. The molecule has 5 heteroatoms. The Morgan fingerprint density at radius 3 is 1.92 bits per heavy atom. The third-order valence-electron chi connectivity index (χ3n) is 12.0. The van der Waals surface area contributed by atoms with Gasteiger partial charge < -0.3 is 13.4 Å². The van der Waals surface area contributed by atoms with E-state index in [0.29, 0.717) is 11.4 Å². The standard InChI is InChI=1S/C54H31N3O2/c1-3-13-32(14-4-1)37-24-25-40-47(31-37)58-53-49(34-16-5-2-6-17-34)55-54(56-50(40)53)42-27-28-45(52-48(42)41-26-23-33-15-9-10-20-38(33)51(41)59-52)57-44-22-12-11-21-39(44)43-29-35-18-7-8-19-36(35)30-46(43)57/h1-31H. The number of nitrogens with zero attached hydrogens (tertiary/aromatic N) is 3. The Balaban J connectivity index is 1.14. The van der Waals surface area contributed by atoms with Crippen LogP contribution in [0.4, 0.5) is 0 Å². The molecule has 9 aromatic carbocycles. The number of benzene rings is 9. The topological polar surface area (TPSA) is 57.0 Å². The minimum atomic E-state index is 0.604. The van der Waals surface area contributed by atoms with E-state index < -0.39 is 0 Å². The molecule has 0 amide bonds. The molecule has 0 aliphatic heterocycles. The average Bonchev–Trinajstić information content (AvgIpc) is 3.98. The second-order valence-corrected chi connectivity index (χ2v) is 15.3. The van der Waals surface area contributed by atoms with Crippen molar-refractivity contribution in [3.8, 4) is 39.5 Å². The van der Waals surface area contributed by atoms with Crippen molar-refractivity contribution >= 4 is 87.4 Å². The summed E-state index contributed by atoms with van der Waals surface area (Å²) in [5.41, 5.74) is 11.8. The summed E-state index contributed by atoms with van der Waals surface area (Å²) < 4.78 is 16.3. The van der Waals surface area contributed by atoms with Crippen molar-refractivity contribution in [3.63, 3.8) is 0 Å². The van der Waals surface area contributed by atoms with Gasteiger partial charge in [0.2, 0.25) is 0 Å². The number of aromatic nitrogens is 3. The largest absolute Gasteiger partial charge is 0.453 e. The Hall–Kier alpha value is -8.02. The van der Waals surface area contributed by atoms with Gasteiger partial charge in [-0.1, -0.05) is 140 Å². The van der Waals surface area contributed by atoms with Crippen LogP contribution in [0, 0.1) is 0 Å². The summed E-state index contributed by atoms with van der Waals surface area (Å²) >= 11 is 0. The predicted molar refractivity (Wildman–Crippen MR) is 242 cm³/mol. The molecule has 0 N–H and O–H groups in total. The molecule has 5 nitrogen and oxygen atoms in total. The minimum Gasteiger partial charge on any atom is -0.453 e. The van der Waals surface area contributed by atoms with Gasteiger partial charge in [-0.05, 0) is 75.8 Å². The molecule has 13 rings (SSSR count). The Labute approximate surface area is 337 Å². The normalized spacial score (nSPS) is 12.1. The number of rotatable bonds is 4. The van der Waals surface area contributed by atoms with E-state index in [1.807, 2.05) is 24.3 Å². The van der Waals surface area contributed by atoms with Gasteiger partial charge >= 0.3 is 0 Å². The Kier molecular flexibility index (Phi) is 6.66. The Morgan fingerprint density at radius 1 is 0.390 bits per heavy atom. The van der Waals surface area contributed by atoms with Gasteiger partial charge in [-0.3, -0.25) is 0 Å². The first kappa shape index (κ1) is 32.1. The molecule has 0 atom stereocenters. The third-order valence-corrected chi connectivity index (χ3v) is 12.0. The highest BCUT2D eigenvalue weighted by molar-refractivity contribution is 6.22. The summed E-state index contributed by atoms with van der Waals surface area (Å²) in [6.45, 7) is 0. The molecule has 0 fully saturated rings. The lowest BCUT2D eigenvalue weighted by molar-refractivity contribution is 0.667. The van der Waals surface area contributed by atoms with Crippen LogP contribution in [0.2, 0.25) is 0 Å². The number of hydrogen-bond donors (Lipinski definition) is 0. The lowest BCUT2D eigenvalue weighted by Gasteiger charge is -2.12. The number of fused-ring (bicyclic) bond motifs is 12. The maximum absolute atomic E-state index is 7.19. The summed E-state index contributed by atoms with van der Waals surface area (Å²) in [4.78, 5) is 10.8. The van der Waals surface area contributed by atoms with Crippen LogP contribution in [0.3, 0.4) is 0 Å². The lowest BCUT2D eigenvalue weighted by Crippen LogP contribution is -1.98. The third kappa shape index (κ3) is 4.73. The van der Waals surface area contributed by atoms with Gasteiger partial charge in [0.25, 0.3) is 0 Å². The van der Waals surface area contributed by atoms with E-state index in [4.69, 9.17) is 18.8 Å². The highest BCUT2D eigenvalue weighted by Crippen LogP contribution is 2.45. The predicted octanol–water partition coefficient (Wildman–Crippen LogP) is 14.7. The summed E-state index contributed by atoms with van der Waals surface area (Å²) in [6.07, 6.45) is 0. The maximum Gasteiger partial charge on any atom is 0.180 e. The van der Waals surface area contributed by atoms with Crippen molar-refractivity contribution in [2.24, 2.45) is 0 Å². The smallest absolute Gasteiger partial charge is 0.180 e. The fourth-order valence-corrected chi connectivity index (χ4v) is 9.24. The van der Waals surface area contributed by atoms with Crippen LogP contribution in [0.15, 0.2) is 197 Å². The van der Waals surface area contributed by atoms with Gasteiger partial charge in [-0.15, -0.1) is 0 Å². The van der Waals surface area contributed by atoms with Gasteiger partial charge in [0.1, 0.15) is 22.4 Å². The van der Waals surface area contributed by atoms with Crippen LogP contribution < -0.4 is 0 Å². The highest BCUT2D eigenvalue weighted by atomic mass is 16.3. The van der Waals surface area contributed by atoms with Crippen molar-refractivity contribution in [1.29, 1.82) is 0 Å². The first-order chi connectivity index (χ1) is 29.2. The van der Waals surface area contributed by atoms with E-state index in [1.165, 1.54) is 21.5 Å². The highest BCUT2D eigenvalue weighted by Gasteiger charge is 2.25. The zero-order valence-corrected chi connectivity index (χ0v) is 31.6. The van der Waals surface area contributed by atoms with Crippen LogP contribution >= 0.6 is 0 Å².